The lowest BCUT2D eigenvalue weighted by molar-refractivity contribution is -0.124. The van der Waals surface area contributed by atoms with Crippen LogP contribution >= 0.6 is 27.5 Å². The number of carbonyl (C=O) groups is 1. The van der Waals surface area contributed by atoms with E-state index in [4.69, 9.17) is 16.3 Å². The van der Waals surface area contributed by atoms with Gasteiger partial charge in [0.15, 0.2) is 6.61 Å². The van der Waals surface area contributed by atoms with E-state index in [0.29, 0.717) is 11.8 Å². The fraction of sp³-hybridized carbons (Fsp3) is 0.562. The average Bonchev–Trinajstić information content (AvgIpc) is 2.48. The minimum atomic E-state index is -0.0564. The van der Waals surface area contributed by atoms with Crippen LogP contribution in [0.2, 0.25) is 5.02 Å². The van der Waals surface area contributed by atoms with E-state index >= 15 is 0 Å². The number of aryl methyl sites for hydroxylation is 1. The second-order valence-electron chi connectivity index (χ2n) is 5.64. The molecule has 1 N–H and O–H groups in total. The fourth-order valence-corrected chi connectivity index (χ4v) is 3.36. The van der Waals surface area contributed by atoms with Gasteiger partial charge in [0.05, 0.1) is 4.47 Å². The van der Waals surface area contributed by atoms with Gasteiger partial charge in [-0.3, -0.25) is 4.79 Å². The lowest BCUT2D eigenvalue weighted by Gasteiger charge is -2.22. The third-order valence-electron chi connectivity index (χ3n) is 3.90. The third-order valence-corrected chi connectivity index (χ3v) is 5.46. The van der Waals surface area contributed by atoms with Gasteiger partial charge in [-0.25, -0.2) is 0 Å². The summed E-state index contributed by atoms with van der Waals surface area (Å²) in [6.07, 6.45) is 5.84. The first-order valence-corrected chi connectivity index (χ1v) is 8.53. The predicted octanol–water partition coefficient (Wildman–Crippen LogP) is 4.55. The molecule has 0 spiro atoms. The van der Waals surface area contributed by atoms with Crippen LogP contribution in [0.5, 0.6) is 5.75 Å². The number of amides is 1. The van der Waals surface area contributed by atoms with E-state index in [9.17, 15) is 4.79 Å². The zero-order chi connectivity index (χ0) is 15.4. The predicted molar refractivity (Wildman–Crippen MR) is 89.1 cm³/mol. The van der Waals surface area contributed by atoms with Gasteiger partial charge in [0.2, 0.25) is 0 Å². The molecule has 0 radical (unpaired) electrons. The van der Waals surface area contributed by atoms with Crippen molar-refractivity contribution in [3.8, 4) is 5.75 Å². The Kier molecular flexibility index (Phi) is 5.94. The van der Waals surface area contributed by atoms with Gasteiger partial charge in [0.25, 0.3) is 5.91 Å². The molecule has 1 amide bonds. The molecule has 0 unspecified atom stereocenters. The standard InChI is InChI=1S/C16H21BrClNO2/c1-10-8-13(15(17)11(2)16(10)18)21-9-14(20)19-12-6-4-3-5-7-12/h8,12H,3-7,9H2,1-2H3,(H,19,20). The zero-order valence-electron chi connectivity index (χ0n) is 12.5. The van der Waals surface area contributed by atoms with Crippen molar-refractivity contribution in [1.29, 1.82) is 0 Å². The Morgan fingerprint density at radius 3 is 2.71 bits per heavy atom. The largest absolute Gasteiger partial charge is 0.483 e. The van der Waals surface area contributed by atoms with Gasteiger partial charge in [-0.15, -0.1) is 0 Å². The number of halogens is 2. The van der Waals surface area contributed by atoms with Gasteiger partial charge in [0.1, 0.15) is 5.75 Å². The van der Waals surface area contributed by atoms with Gasteiger partial charge in [0, 0.05) is 11.1 Å². The molecular weight excluding hydrogens is 354 g/mol. The molecule has 1 aromatic carbocycles. The second-order valence-corrected chi connectivity index (χ2v) is 6.81. The number of rotatable bonds is 4. The summed E-state index contributed by atoms with van der Waals surface area (Å²) >= 11 is 9.65. The van der Waals surface area contributed by atoms with Crippen molar-refractivity contribution in [2.24, 2.45) is 0 Å². The molecule has 21 heavy (non-hydrogen) atoms. The summed E-state index contributed by atoms with van der Waals surface area (Å²) in [7, 11) is 0. The summed E-state index contributed by atoms with van der Waals surface area (Å²) in [6.45, 7) is 3.89. The van der Waals surface area contributed by atoms with Crippen molar-refractivity contribution in [3.05, 3.63) is 26.7 Å². The molecule has 0 aliphatic heterocycles. The van der Waals surface area contributed by atoms with E-state index in [1.165, 1.54) is 19.3 Å². The van der Waals surface area contributed by atoms with E-state index < -0.39 is 0 Å². The molecule has 1 aromatic rings. The minimum Gasteiger partial charge on any atom is -0.483 e. The molecule has 0 aromatic heterocycles. The van der Waals surface area contributed by atoms with Crippen LogP contribution in [0.15, 0.2) is 10.5 Å². The number of nitrogens with one attached hydrogen (secondary N) is 1. The van der Waals surface area contributed by atoms with Crippen molar-refractivity contribution in [3.63, 3.8) is 0 Å². The molecule has 116 valence electrons. The lowest BCUT2D eigenvalue weighted by atomic mass is 9.95. The number of carbonyl (C=O) groups excluding carboxylic acids is 1. The Hall–Kier alpha value is -0.740. The van der Waals surface area contributed by atoms with E-state index in [0.717, 1.165) is 33.5 Å². The maximum Gasteiger partial charge on any atom is 0.258 e. The van der Waals surface area contributed by atoms with Gasteiger partial charge in [-0.1, -0.05) is 30.9 Å². The van der Waals surface area contributed by atoms with Crippen molar-refractivity contribution >= 4 is 33.4 Å². The normalized spacial score (nSPS) is 15.8. The smallest absolute Gasteiger partial charge is 0.258 e. The Labute approximate surface area is 139 Å². The lowest BCUT2D eigenvalue weighted by Crippen LogP contribution is -2.39. The molecule has 0 saturated heterocycles. The Morgan fingerprint density at radius 2 is 2.05 bits per heavy atom. The van der Waals surface area contributed by atoms with E-state index in [2.05, 4.69) is 21.2 Å². The fourth-order valence-electron chi connectivity index (χ4n) is 2.66. The van der Waals surface area contributed by atoms with Crippen LogP contribution in [0.4, 0.5) is 0 Å². The average molecular weight is 375 g/mol. The number of hydrogen-bond acceptors (Lipinski definition) is 2. The van der Waals surface area contributed by atoms with E-state index in [1.54, 1.807) is 0 Å². The molecule has 0 bridgehead atoms. The minimum absolute atomic E-state index is 0.0373. The number of ether oxygens (including phenoxy) is 1. The van der Waals surface area contributed by atoms with Crippen molar-refractivity contribution in [2.45, 2.75) is 52.0 Å². The third kappa shape index (κ3) is 4.36. The van der Waals surface area contributed by atoms with Gasteiger partial charge in [-0.2, -0.15) is 0 Å². The molecule has 3 nitrogen and oxygen atoms in total. The first kappa shape index (κ1) is 16.6. The highest BCUT2D eigenvalue weighted by Gasteiger charge is 2.17. The molecule has 0 heterocycles. The Bertz CT molecular complexity index is 527. The summed E-state index contributed by atoms with van der Waals surface area (Å²) in [4.78, 5) is 12.0. The van der Waals surface area contributed by atoms with Crippen LogP contribution in [0.25, 0.3) is 0 Å². The topological polar surface area (TPSA) is 38.3 Å². The SMILES string of the molecule is Cc1cc(OCC(=O)NC2CCCCC2)c(Br)c(C)c1Cl. The van der Waals surface area contributed by atoms with Gasteiger partial charge < -0.3 is 10.1 Å². The highest BCUT2D eigenvalue weighted by molar-refractivity contribution is 9.10. The van der Waals surface area contributed by atoms with E-state index in [-0.39, 0.29) is 12.5 Å². The van der Waals surface area contributed by atoms with Gasteiger partial charge in [-0.05, 0) is 59.8 Å². The second kappa shape index (κ2) is 7.50. The molecule has 1 aliphatic carbocycles. The van der Waals surface area contributed by atoms with Crippen LogP contribution in [-0.4, -0.2) is 18.6 Å². The van der Waals surface area contributed by atoms with Crippen LogP contribution < -0.4 is 10.1 Å². The molecule has 2 rings (SSSR count). The van der Waals surface area contributed by atoms with E-state index in [1.807, 2.05) is 19.9 Å². The van der Waals surface area contributed by atoms with Crippen LogP contribution in [-0.2, 0) is 4.79 Å². The summed E-state index contributed by atoms with van der Waals surface area (Å²) in [6, 6.07) is 2.17. The maximum absolute atomic E-state index is 12.0. The zero-order valence-corrected chi connectivity index (χ0v) is 14.8. The highest BCUT2D eigenvalue weighted by Crippen LogP contribution is 2.35. The first-order valence-electron chi connectivity index (χ1n) is 7.36. The number of benzene rings is 1. The Morgan fingerprint density at radius 1 is 1.38 bits per heavy atom. The summed E-state index contributed by atoms with van der Waals surface area (Å²) < 4.78 is 6.45. The van der Waals surface area contributed by atoms with Crippen molar-refractivity contribution in [2.75, 3.05) is 6.61 Å². The number of hydrogen-bond donors (Lipinski definition) is 1. The molecular formula is C16H21BrClNO2. The summed E-state index contributed by atoms with van der Waals surface area (Å²) in [5.74, 6) is 0.604. The summed E-state index contributed by atoms with van der Waals surface area (Å²) in [5, 5.41) is 3.77. The highest BCUT2D eigenvalue weighted by atomic mass is 79.9. The first-order chi connectivity index (χ1) is 9.99. The molecule has 1 fully saturated rings. The Balaban J connectivity index is 1.92. The van der Waals surface area contributed by atoms with Crippen molar-refractivity contribution < 1.29 is 9.53 Å². The molecule has 1 aliphatic rings. The van der Waals surface area contributed by atoms with Crippen molar-refractivity contribution in [1.82, 2.24) is 5.32 Å². The maximum atomic E-state index is 12.0. The molecule has 0 atom stereocenters. The summed E-state index contributed by atoms with van der Waals surface area (Å²) in [5.41, 5.74) is 1.87. The molecule has 5 heteroatoms. The quantitative estimate of drug-likeness (QED) is 0.840. The molecule has 1 saturated carbocycles. The van der Waals surface area contributed by atoms with Crippen LogP contribution in [0, 0.1) is 13.8 Å². The van der Waals surface area contributed by atoms with Crippen LogP contribution in [0.3, 0.4) is 0 Å². The monoisotopic (exact) mass is 373 g/mol. The van der Waals surface area contributed by atoms with Crippen LogP contribution in [0.1, 0.15) is 43.2 Å². The van der Waals surface area contributed by atoms with Gasteiger partial charge >= 0.3 is 0 Å².